The van der Waals surface area contributed by atoms with Crippen molar-refractivity contribution in [3.8, 4) is 0 Å². The van der Waals surface area contributed by atoms with Gasteiger partial charge >= 0.3 is 5.97 Å². The molecule has 1 aliphatic rings. The van der Waals surface area contributed by atoms with Crippen LogP contribution in [0.5, 0.6) is 0 Å². The van der Waals surface area contributed by atoms with Crippen LogP contribution in [0.25, 0.3) is 0 Å². The topological polar surface area (TPSA) is 66.4 Å². The van der Waals surface area contributed by atoms with Crippen LogP contribution in [0.1, 0.15) is 26.7 Å². The molecule has 1 unspecified atom stereocenters. The van der Waals surface area contributed by atoms with Crippen molar-refractivity contribution in [1.82, 2.24) is 5.32 Å². The highest BCUT2D eigenvalue weighted by molar-refractivity contribution is 8.00. The van der Waals surface area contributed by atoms with Crippen molar-refractivity contribution in [3.63, 3.8) is 0 Å². The summed E-state index contributed by atoms with van der Waals surface area (Å²) in [7, 11) is 0. The van der Waals surface area contributed by atoms with Gasteiger partial charge < -0.3 is 10.4 Å². The largest absolute Gasteiger partial charge is 0.481 e. The lowest BCUT2D eigenvalue weighted by molar-refractivity contribution is -0.146. The Morgan fingerprint density at radius 3 is 2.67 bits per heavy atom. The van der Waals surface area contributed by atoms with Crippen LogP contribution in [0.4, 0.5) is 0 Å². The maximum Gasteiger partial charge on any atom is 0.310 e. The number of amides is 1. The molecule has 0 aromatic carbocycles. The summed E-state index contributed by atoms with van der Waals surface area (Å²) < 4.78 is 0. The summed E-state index contributed by atoms with van der Waals surface area (Å²) in [5.41, 5.74) is -0.890. The van der Waals surface area contributed by atoms with E-state index >= 15 is 0 Å². The first-order valence-corrected chi connectivity index (χ1v) is 6.11. The molecule has 0 bridgehead atoms. The molecule has 4 nitrogen and oxygen atoms in total. The standard InChI is InChI=1S/C10H17NO3S/c1-10(2,9(13)14)6-11-8(12)7-4-3-5-15-7/h7H,3-6H2,1-2H3,(H,11,12)(H,13,14). The summed E-state index contributed by atoms with van der Waals surface area (Å²) in [6.45, 7) is 3.41. The molecule has 86 valence electrons. The lowest BCUT2D eigenvalue weighted by atomic mass is 9.94. The fourth-order valence-electron chi connectivity index (χ4n) is 1.28. The fourth-order valence-corrected chi connectivity index (χ4v) is 2.47. The van der Waals surface area contributed by atoms with Crippen molar-refractivity contribution >= 4 is 23.6 Å². The van der Waals surface area contributed by atoms with E-state index in [0.29, 0.717) is 0 Å². The van der Waals surface area contributed by atoms with Crippen LogP contribution in [0.15, 0.2) is 0 Å². The molecule has 0 spiro atoms. The zero-order chi connectivity index (χ0) is 11.5. The van der Waals surface area contributed by atoms with Gasteiger partial charge in [-0.15, -0.1) is 11.8 Å². The normalized spacial score (nSPS) is 21.3. The molecule has 0 saturated carbocycles. The van der Waals surface area contributed by atoms with Crippen molar-refractivity contribution in [1.29, 1.82) is 0 Å². The summed E-state index contributed by atoms with van der Waals surface area (Å²) in [6.07, 6.45) is 1.98. The predicted molar refractivity (Wildman–Crippen MR) is 59.9 cm³/mol. The maximum absolute atomic E-state index is 11.6. The smallest absolute Gasteiger partial charge is 0.310 e. The average Bonchev–Trinajstić information content (AvgIpc) is 2.66. The van der Waals surface area contributed by atoms with Gasteiger partial charge in [0.1, 0.15) is 0 Å². The third kappa shape index (κ3) is 3.41. The molecular formula is C10H17NO3S. The van der Waals surface area contributed by atoms with Crippen LogP contribution < -0.4 is 5.32 Å². The third-order valence-corrected chi connectivity index (χ3v) is 3.88. The fraction of sp³-hybridized carbons (Fsp3) is 0.800. The van der Waals surface area contributed by atoms with Gasteiger partial charge in [-0.05, 0) is 32.4 Å². The number of nitrogens with one attached hydrogen (secondary N) is 1. The molecule has 1 atom stereocenters. The molecule has 5 heteroatoms. The Balaban J connectivity index is 2.36. The summed E-state index contributed by atoms with van der Waals surface area (Å²) in [5, 5.41) is 11.6. The molecule has 0 aromatic rings. The van der Waals surface area contributed by atoms with Crippen molar-refractivity contribution in [2.45, 2.75) is 31.9 Å². The Hall–Kier alpha value is -0.710. The minimum Gasteiger partial charge on any atom is -0.481 e. The monoisotopic (exact) mass is 231 g/mol. The van der Waals surface area contributed by atoms with E-state index < -0.39 is 11.4 Å². The number of hydrogen-bond donors (Lipinski definition) is 2. The molecule has 1 saturated heterocycles. The van der Waals surface area contributed by atoms with E-state index in [1.54, 1.807) is 25.6 Å². The van der Waals surface area contributed by atoms with E-state index in [1.165, 1.54) is 0 Å². The molecule has 1 rings (SSSR count). The summed E-state index contributed by atoms with van der Waals surface area (Å²) in [6, 6.07) is 0. The first-order valence-electron chi connectivity index (χ1n) is 5.06. The second-order valence-electron chi connectivity index (χ2n) is 4.41. The Morgan fingerprint density at radius 2 is 2.20 bits per heavy atom. The molecule has 1 amide bonds. The number of aliphatic carboxylic acids is 1. The molecule has 2 N–H and O–H groups in total. The van der Waals surface area contributed by atoms with Crippen LogP contribution in [0.3, 0.4) is 0 Å². The molecule has 1 fully saturated rings. The minimum atomic E-state index is -0.890. The zero-order valence-corrected chi connectivity index (χ0v) is 9.89. The van der Waals surface area contributed by atoms with Crippen LogP contribution in [0, 0.1) is 5.41 Å². The van der Waals surface area contributed by atoms with Crippen LogP contribution in [0.2, 0.25) is 0 Å². The van der Waals surface area contributed by atoms with Gasteiger partial charge in [-0.3, -0.25) is 9.59 Å². The Kier molecular flexibility index (Phi) is 4.02. The minimum absolute atomic E-state index is 0.0215. The summed E-state index contributed by atoms with van der Waals surface area (Å²) >= 11 is 1.65. The van der Waals surface area contributed by atoms with Gasteiger partial charge in [-0.2, -0.15) is 0 Å². The van der Waals surface area contributed by atoms with E-state index in [2.05, 4.69) is 5.32 Å². The molecular weight excluding hydrogens is 214 g/mol. The van der Waals surface area contributed by atoms with Crippen molar-refractivity contribution in [3.05, 3.63) is 0 Å². The number of carboxylic acids is 1. The number of carbonyl (C=O) groups excluding carboxylic acids is 1. The van der Waals surface area contributed by atoms with Gasteiger partial charge in [-0.1, -0.05) is 0 Å². The zero-order valence-electron chi connectivity index (χ0n) is 9.08. The van der Waals surface area contributed by atoms with Gasteiger partial charge in [0.05, 0.1) is 10.7 Å². The lowest BCUT2D eigenvalue weighted by Gasteiger charge is -2.20. The first kappa shape index (κ1) is 12.4. The van der Waals surface area contributed by atoms with Crippen LogP contribution >= 0.6 is 11.8 Å². The Morgan fingerprint density at radius 1 is 1.53 bits per heavy atom. The van der Waals surface area contributed by atoms with Crippen molar-refractivity contribution in [2.75, 3.05) is 12.3 Å². The number of hydrogen-bond acceptors (Lipinski definition) is 3. The highest BCUT2D eigenvalue weighted by Gasteiger charge is 2.30. The summed E-state index contributed by atoms with van der Waals surface area (Å²) in [4.78, 5) is 22.4. The van der Waals surface area contributed by atoms with Gasteiger partial charge in [0.25, 0.3) is 0 Å². The van der Waals surface area contributed by atoms with Crippen molar-refractivity contribution < 1.29 is 14.7 Å². The maximum atomic E-state index is 11.6. The number of carboxylic acid groups (broad SMARTS) is 1. The highest BCUT2D eigenvalue weighted by Crippen LogP contribution is 2.26. The van der Waals surface area contributed by atoms with E-state index in [0.717, 1.165) is 18.6 Å². The van der Waals surface area contributed by atoms with E-state index in [9.17, 15) is 9.59 Å². The van der Waals surface area contributed by atoms with Crippen LogP contribution in [-0.2, 0) is 9.59 Å². The highest BCUT2D eigenvalue weighted by atomic mass is 32.2. The first-order chi connectivity index (χ1) is 6.93. The predicted octanol–water partition coefficient (Wildman–Crippen LogP) is 1.11. The lowest BCUT2D eigenvalue weighted by Crippen LogP contribution is -2.41. The van der Waals surface area contributed by atoms with E-state index in [4.69, 9.17) is 5.11 Å². The van der Waals surface area contributed by atoms with Gasteiger partial charge in [-0.25, -0.2) is 0 Å². The van der Waals surface area contributed by atoms with E-state index in [-0.39, 0.29) is 17.7 Å². The molecule has 0 aromatic heterocycles. The molecule has 1 heterocycles. The molecule has 0 aliphatic carbocycles. The van der Waals surface area contributed by atoms with E-state index in [1.807, 2.05) is 0 Å². The molecule has 15 heavy (non-hydrogen) atoms. The van der Waals surface area contributed by atoms with Gasteiger partial charge in [0.2, 0.25) is 5.91 Å². The number of rotatable bonds is 4. The quantitative estimate of drug-likeness (QED) is 0.760. The summed E-state index contributed by atoms with van der Waals surface area (Å²) in [5.74, 6) is 0.120. The second kappa shape index (κ2) is 4.88. The van der Waals surface area contributed by atoms with Gasteiger partial charge in [0.15, 0.2) is 0 Å². The molecule has 0 radical (unpaired) electrons. The Bertz CT molecular complexity index is 259. The Labute approximate surface area is 93.8 Å². The van der Waals surface area contributed by atoms with Gasteiger partial charge in [0, 0.05) is 6.54 Å². The molecule has 1 aliphatic heterocycles. The number of thioether (sulfide) groups is 1. The van der Waals surface area contributed by atoms with Crippen molar-refractivity contribution in [2.24, 2.45) is 5.41 Å². The van der Waals surface area contributed by atoms with Crippen LogP contribution in [-0.4, -0.2) is 34.5 Å². The number of carbonyl (C=O) groups is 2. The third-order valence-electron chi connectivity index (χ3n) is 2.51. The second-order valence-corrected chi connectivity index (χ2v) is 5.72. The SMILES string of the molecule is CC(C)(CNC(=O)C1CCCS1)C(=O)O. The average molecular weight is 231 g/mol.